The Labute approximate surface area is 139 Å². The van der Waals surface area contributed by atoms with Crippen LogP contribution in [0.1, 0.15) is 23.6 Å². The molecule has 3 rings (SSSR count). The van der Waals surface area contributed by atoms with Crippen LogP contribution >= 0.6 is 15.9 Å². The lowest BCUT2D eigenvalue weighted by Gasteiger charge is -2.20. The largest absolute Gasteiger partial charge is 0.364 e. The molecule has 22 heavy (non-hydrogen) atoms. The second-order valence-electron chi connectivity index (χ2n) is 5.55. The SMILES string of the molecule is C[C@@H](OCc1ccccc1)C(=O)N1Cc2ccc(Br)cc2C1. The van der Waals surface area contributed by atoms with E-state index in [1.807, 2.05) is 48.2 Å². The Morgan fingerprint density at radius 3 is 2.68 bits per heavy atom. The van der Waals surface area contributed by atoms with Crippen molar-refractivity contribution >= 4 is 21.8 Å². The van der Waals surface area contributed by atoms with Crippen LogP contribution in [0.15, 0.2) is 53.0 Å². The molecule has 2 aromatic carbocycles. The second kappa shape index (κ2) is 6.63. The molecule has 0 bridgehead atoms. The molecule has 1 atom stereocenters. The zero-order valence-electron chi connectivity index (χ0n) is 12.5. The minimum absolute atomic E-state index is 0.0447. The Morgan fingerprint density at radius 1 is 1.18 bits per heavy atom. The smallest absolute Gasteiger partial charge is 0.252 e. The molecular formula is C18H18BrNO2. The van der Waals surface area contributed by atoms with Crippen LogP contribution in [0, 0.1) is 0 Å². The van der Waals surface area contributed by atoms with E-state index >= 15 is 0 Å². The number of halogens is 1. The van der Waals surface area contributed by atoms with E-state index in [0.717, 1.165) is 10.0 Å². The number of rotatable bonds is 4. The van der Waals surface area contributed by atoms with E-state index in [-0.39, 0.29) is 5.91 Å². The van der Waals surface area contributed by atoms with Gasteiger partial charge >= 0.3 is 0 Å². The molecule has 1 heterocycles. The zero-order valence-corrected chi connectivity index (χ0v) is 14.0. The van der Waals surface area contributed by atoms with Crippen LogP contribution in [0.5, 0.6) is 0 Å². The van der Waals surface area contributed by atoms with E-state index < -0.39 is 6.10 Å². The van der Waals surface area contributed by atoms with E-state index in [2.05, 4.69) is 28.1 Å². The lowest BCUT2D eigenvalue weighted by Crippen LogP contribution is -2.35. The van der Waals surface area contributed by atoms with Gasteiger partial charge < -0.3 is 9.64 Å². The van der Waals surface area contributed by atoms with E-state index in [0.29, 0.717) is 19.7 Å². The Bertz CT molecular complexity index is 672. The molecule has 114 valence electrons. The van der Waals surface area contributed by atoms with Gasteiger partial charge in [-0.3, -0.25) is 4.79 Å². The topological polar surface area (TPSA) is 29.5 Å². The lowest BCUT2D eigenvalue weighted by molar-refractivity contribution is -0.144. The Morgan fingerprint density at radius 2 is 1.91 bits per heavy atom. The van der Waals surface area contributed by atoms with Crippen LogP contribution in [-0.4, -0.2) is 16.9 Å². The molecule has 1 amide bonds. The number of fused-ring (bicyclic) bond motifs is 1. The highest BCUT2D eigenvalue weighted by Gasteiger charge is 2.27. The Balaban J connectivity index is 1.58. The first-order chi connectivity index (χ1) is 10.6. The molecule has 0 N–H and O–H groups in total. The second-order valence-corrected chi connectivity index (χ2v) is 6.46. The van der Waals surface area contributed by atoms with Crippen molar-refractivity contribution in [3.8, 4) is 0 Å². The average molecular weight is 360 g/mol. The summed E-state index contributed by atoms with van der Waals surface area (Å²) in [6, 6.07) is 16.1. The zero-order chi connectivity index (χ0) is 15.5. The third-order valence-corrected chi connectivity index (χ3v) is 4.39. The minimum atomic E-state index is -0.432. The van der Waals surface area contributed by atoms with Crippen molar-refractivity contribution in [1.82, 2.24) is 4.90 Å². The maximum Gasteiger partial charge on any atom is 0.252 e. The molecule has 0 saturated carbocycles. The van der Waals surface area contributed by atoms with Crippen molar-refractivity contribution in [2.24, 2.45) is 0 Å². The van der Waals surface area contributed by atoms with Gasteiger partial charge in [-0.05, 0) is 35.7 Å². The molecular weight excluding hydrogens is 342 g/mol. The number of benzene rings is 2. The number of nitrogens with zero attached hydrogens (tertiary/aromatic N) is 1. The predicted octanol–water partition coefficient (Wildman–Crippen LogP) is 3.90. The van der Waals surface area contributed by atoms with Gasteiger partial charge in [0.25, 0.3) is 5.91 Å². The molecule has 0 radical (unpaired) electrons. The highest BCUT2D eigenvalue weighted by molar-refractivity contribution is 9.10. The predicted molar refractivity (Wildman–Crippen MR) is 89.1 cm³/mol. The van der Waals surface area contributed by atoms with Crippen molar-refractivity contribution in [2.75, 3.05) is 0 Å². The fourth-order valence-corrected chi connectivity index (χ4v) is 3.05. The van der Waals surface area contributed by atoms with Gasteiger partial charge in [-0.15, -0.1) is 0 Å². The first-order valence-corrected chi connectivity index (χ1v) is 8.14. The minimum Gasteiger partial charge on any atom is -0.364 e. The first kappa shape index (κ1) is 15.3. The summed E-state index contributed by atoms with van der Waals surface area (Å²) in [7, 11) is 0. The molecule has 0 spiro atoms. The molecule has 2 aromatic rings. The van der Waals surface area contributed by atoms with Crippen molar-refractivity contribution in [2.45, 2.75) is 32.7 Å². The van der Waals surface area contributed by atoms with Crippen LogP contribution < -0.4 is 0 Å². The van der Waals surface area contributed by atoms with Gasteiger partial charge in [0.2, 0.25) is 0 Å². The molecule has 0 fully saturated rings. The maximum absolute atomic E-state index is 12.5. The van der Waals surface area contributed by atoms with Gasteiger partial charge in [0.1, 0.15) is 6.10 Å². The Hall–Kier alpha value is -1.65. The first-order valence-electron chi connectivity index (χ1n) is 7.35. The van der Waals surface area contributed by atoms with Crippen LogP contribution in [0.25, 0.3) is 0 Å². The number of hydrogen-bond acceptors (Lipinski definition) is 2. The summed E-state index contributed by atoms with van der Waals surface area (Å²) in [6.07, 6.45) is -0.432. The molecule has 0 aliphatic carbocycles. The summed E-state index contributed by atoms with van der Waals surface area (Å²) in [6.45, 7) is 3.61. The summed E-state index contributed by atoms with van der Waals surface area (Å²) in [5.41, 5.74) is 3.50. The molecule has 1 aliphatic rings. The molecule has 3 nitrogen and oxygen atoms in total. The molecule has 0 saturated heterocycles. The monoisotopic (exact) mass is 359 g/mol. The van der Waals surface area contributed by atoms with Crippen LogP contribution in [0.3, 0.4) is 0 Å². The van der Waals surface area contributed by atoms with Gasteiger partial charge in [-0.2, -0.15) is 0 Å². The van der Waals surface area contributed by atoms with Gasteiger partial charge in [-0.1, -0.05) is 52.3 Å². The normalized spacial score (nSPS) is 14.7. The van der Waals surface area contributed by atoms with E-state index in [1.54, 1.807) is 0 Å². The maximum atomic E-state index is 12.5. The van der Waals surface area contributed by atoms with Crippen molar-refractivity contribution in [3.63, 3.8) is 0 Å². The van der Waals surface area contributed by atoms with Crippen molar-refractivity contribution in [3.05, 3.63) is 69.7 Å². The van der Waals surface area contributed by atoms with Gasteiger partial charge in [-0.25, -0.2) is 0 Å². The van der Waals surface area contributed by atoms with E-state index in [1.165, 1.54) is 11.1 Å². The summed E-state index contributed by atoms with van der Waals surface area (Å²) < 4.78 is 6.77. The number of hydrogen-bond donors (Lipinski definition) is 0. The summed E-state index contributed by atoms with van der Waals surface area (Å²) in [5, 5.41) is 0. The third-order valence-electron chi connectivity index (χ3n) is 3.89. The van der Waals surface area contributed by atoms with Crippen molar-refractivity contribution in [1.29, 1.82) is 0 Å². The lowest BCUT2D eigenvalue weighted by atomic mass is 10.1. The quantitative estimate of drug-likeness (QED) is 0.828. The van der Waals surface area contributed by atoms with Crippen LogP contribution in [0.4, 0.5) is 0 Å². The Kier molecular flexibility index (Phi) is 4.60. The third kappa shape index (κ3) is 3.39. The number of ether oxygens (including phenoxy) is 1. The molecule has 4 heteroatoms. The van der Waals surface area contributed by atoms with Gasteiger partial charge in [0.05, 0.1) is 6.61 Å². The highest BCUT2D eigenvalue weighted by Crippen LogP contribution is 2.26. The molecule has 1 aliphatic heterocycles. The standard InChI is InChI=1S/C18H18BrNO2/c1-13(22-12-14-5-3-2-4-6-14)18(21)20-10-15-7-8-17(19)9-16(15)11-20/h2-9,13H,10-12H2,1H3/t13-/m1/s1. The molecule has 0 aromatic heterocycles. The van der Waals surface area contributed by atoms with Crippen LogP contribution in [0.2, 0.25) is 0 Å². The summed E-state index contributed by atoms with van der Waals surface area (Å²) in [4.78, 5) is 14.4. The van der Waals surface area contributed by atoms with Crippen molar-refractivity contribution < 1.29 is 9.53 Å². The molecule has 0 unspecified atom stereocenters. The number of carbonyl (C=O) groups excluding carboxylic acids is 1. The fourth-order valence-electron chi connectivity index (χ4n) is 2.64. The average Bonchev–Trinajstić information content (AvgIpc) is 2.95. The number of amides is 1. The summed E-state index contributed by atoms with van der Waals surface area (Å²) >= 11 is 3.47. The van der Waals surface area contributed by atoms with Gasteiger partial charge in [0, 0.05) is 17.6 Å². The summed E-state index contributed by atoms with van der Waals surface area (Å²) in [5.74, 6) is 0.0447. The fraction of sp³-hybridized carbons (Fsp3) is 0.278. The van der Waals surface area contributed by atoms with Crippen LogP contribution in [-0.2, 0) is 29.2 Å². The van der Waals surface area contributed by atoms with E-state index in [9.17, 15) is 4.79 Å². The van der Waals surface area contributed by atoms with Gasteiger partial charge in [0.15, 0.2) is 0 Å². The highest BCUT2D eigenvalue weighted by atomic mass is 79.9. The van der Waals surface area contributed by atoms with E-state index in [4.69, 9.17) is 4.74 Å². The number of carbonyl (C=O) groups is 1.